The molecule has 0 N–H and O–H groups in total. The fourth-order valence-corrected chi connectivity index (χ4v) is 2.45. The molecule has 164 valence electrons. The van der Waals surface area contributed by atoms with E-state index < -0.39 is 34.5 Å². The van der Waals surface area contributed by atoms with Crippen LogP contribution in [0.3, 0.4) is 0 Å². The summed E-state index contributed by atoms with van der Waals surface area (Å²) in [6.07, 6.45) is 1.35. The van der Waals surface area contributed by atoms with Crippen LogP contribution in [0.15, 0.2) is 71.9 Å². The van der Waals surface area contributed by atoms with Gasteiger partial charge in [0.2, 0.25) is 0 Å². The molecular formula is C23H32F4O2. The highest BCUT2D eigenvalue weighted by molar-refractivity contribution is 5.53. The van der Waals surface area contributed by atoms with Gasteiger partial charge >= 0.3 is 0 Å². The van der Waals surface area contributed by atoms with E-state index in [-0.39, 0.29) is 36.0 Å². The Morgan fingerprint density at radius 3 is 1.76 bits per heavy atom. The van der Waals surface area contributed by atoms with Gasteiger partial charge in [0.15, 0.2) is 23.3 Å². The summed E-state index contributed by atoms with van der Waals surface area (Å²) in [7, 11) is 3.00. The largest absolute Gasteiger partial charge is 0.384 e. The van der Waals surface area contributed by atoms with Crippen LogP contribution in [0.4, 0.5) is 17.6 Å². The molecule has 29 heavy (non-hydrogen) atoms. The molecule has 6 heteroatoms. The molecule has 0 aromatic heterocycles. The van der Waals surface area contributed by atoms with Gasteiger partial charge in [0.05, 0.1) is 6.61 Å². The molecule has 0 amide bonds. The van der Waals surface area contributed by atoms with Gasteiger partial charge in [-0.3, -0.25) is 0 Å². The summed E-state index contributed by atoms with van der Waals surface area (Å²) in [5, 5.41) is 0. The molecule has 0 bridgehead atoms. The van der Waals surface area contributed by atoms with Crippen molar-refractivity contribution in [2.45, 2.75) is 33.1 Å². The first-order chi connectivity index (χ1) is 13.5. The van der Waals surface area contributed by atoms with Gasteiger partial charge in [-0.2, -0.15) is 0 Å². The van der Waals surface area contributed by atoms with Crippen molar-refractivity contribution < 1.29 is 27.0 Å². The van der Waals surface area contributed by atoms with Crippen molar-refractivity contribution in [3.05, 3.63) is 71.9 Å². The summed E-state index contributed by atoms with van der Waals surface area (Å²) >= 11 is 0. The van der Waals surface area contributed by atoms with E-state index in [4.69, 9.17) is 9.47 Å². The Morgan fingerprint density at radius 1 is 0.759 bits per heavy atom. The van der Waals surface area contributed by atoms with E-state index in [2.05, 4.69) is 26.3 Å². The molecule has 0 aromatic rings. The summed E-state index contributed by atoms with van der Waals surface area (Å²) in [6.45, 7) is 18.0. The summed E-state index contributed by atoms with van der Waals surface area (Å²) in [6, 6.07) is 0. The molecule has 0 saturated heterocycles. The average Bonchev–Trinajstić information content (AvgIpc) is 2.71. The maximum atomic E-state index is 14.5. The highest BCUT2D eigenvalue weighted by Crippen LogP contribution is 2.35. The Balaban J connectivity index is 5.30. The van der Waals surface area contributed by atoms with Gasteiger partial charge in [-0.25, -0.2) is 17.6 Å². The number of hydrogen-bond donors (Lipinski definition) is 0. The van der Waals surface area contributed by atoms with E-state index in [9.17, 15) is 17.6 Å². The van der Waals surface area contributed by atoms with Crippen molar-refractivity contribution in [2.24, 2.45) is 11.8 Å². The van der Waals surface area contributed by atoms with Crippen LogP contribution >= 0.6 is 0 Å². The molecule has 0 fully saturated rings. The molecule has 0 aromatic carbocycles. The van der Waals surface area contributed by atoms with E-state index >= 15 is 0 Å². The predicted molar refractivity (Wildman–Crippen MR) is 111 cm³/mol. The standard InChI is InChI=1S/C23H32F4O2/c1-14(13-29-8)9-10-15(2)17(4)21(25)23(27)19(6)18(5)22(26)20(24)16(3)11-12-28-7/h14-15H,3-6,9-13H2,1-2,7-8H3/b22-20-,23-21-. The third-order valence-electron chi connectivity index (χ3n) is 4.62. The van der Waals surface area contributed by atoms with Crippen LogP contribution in [-0.2, 0) is 9.47 Å². The number of halogens is 4. The van der Waals surface area contributed by atoms with Gasteiger partial charge in [0, 0.05) is 32.0 Å². The van der Waals surface area contributed by atoms with E-state index in [0.29, 0.717) is 13.0 Å². The third-order valence-corrected chi connectivity index (χ3v) is 4.62. The molecule has 0 aliphatic heterocycles. The molecular weight excluding hydrogens is 384 g/mol. The molecule has 0 saturated carbocycles. The second kappa shape index (κ2) is 13.3. The first-order valence-electron chi connectivity index (χ1n) is 9.34. The minimum atomic E-state index is -1.44. The first kappa shape index (κ1) is 27.1. The summed E-state index contributed by atoms with van der Waals surface area (Å²) in [5.74, 6) is -5.48. The monoisotopic (exact) mass is 416 g/mol. The number of allylic oxidation sites excluding steroid dienone is 7. The maximum absolute atomic E-state index is 14.5. The van der Waals surface area contributed by atoms with Gasteiger partial charge < -0.3 is 9.47 Å². The van der Waals surface area contributed by atoms with Crippen molar-refractivity contribution >= 4 is 0 Å². The van der Waals surface area contributed by atoms with E-state index in [1.54, 1.807) is 14.0 Å². The van der Waals surface area contributed by atoms with Crippen molar-refractivity contribution in [1.29, 1.82) is 0 Å². The number of rotatable bonds is 14. The topological polar surface area (TPSA) is 18.5 Å². The molecule has 0 spiro atoms. The Labute approximate surface area is 172 Å². The minimum Gasteiger partial charge on any atom is -0.384 e. The zero-order valence-electron chi connectivity index (χ0n) is 17.8. The summed E-state index contributed by atoms with van der Waals surface area (Å²) in [5.41, 5.74) is -1.62. The lowest BCUT2D eigenvalue weighted by atomic mass is 9.91. The third kappa shape index (κ3) is 8.54. The second-order valence-corrected chi connectivity index (χ2v) is 7.12. The van der Waals surface area contributed by atoms with E-state index in [0.717, 1.165) is 6.42 Å². The second-order valence-electron chi connectivity index (χ2n) is 7.12. The Hall–Kier alpha value is -1.92. The minimum absolute atomic E-state index is 0.0397. The van der Waals surface area contributed by atoms with Gasteiger partial charge in [0.25, 0.3) is 0 Å². The number of ether oxygens (including phenoxy) is 2. The highest BCUT2D eigenvalue weighted by atomic mass is 19.2. The first-order valence-corrected chi connectivity index (χ1v) is 9.34. The summed E-state index contributed by atoms with van der Waals surface area (Å²) in [4.78, 5) is 0. The van der Waals surface area contributed by atoms with Gasteiger partial charge in [-0.15, -0.1) is 0 Å². The van der Waals surface area contributed by atoms with Crippen LogP contribution in [0.25, 0.3) is 0 Å². The molecule has 2 unspecified atom stereocenters. The fraction of sp³-hybridized carbons (Fsp3) is 0.478. The molecule has 0 aliphatic carbocycles. The maximum Gasteiger partial charge on any atom is 0.166 e. The van der Waals surface area contributed by atoms with Crippen molar-refractivity contribution in [2.75, 3.05) is 27.4 Å². The normalized spacial score (nSPS) is 15.2. The predicted octanol–water partition coefficient (Wildman–Crippen LogP) is 7.25. The quantitative estimate of drug-likeness (QED) is 0.219. The Morgan fingerprint density at radius 2 is 1.28 bits per heavy atom. The average molecular weight is 416 g/mol. The molecule has 2 nitrogen and oxygen atoms in total. The van der Waals surface area contributed by atoms with Crippen LogP contribution in [-0.4, -0.2) is 27.4 Å². The highest BCUT2D eigenvalue weighted by Gasteiger charge is 2.23. The van der Waals surface area contributed by atoms with Crippen LogP contribution in [0, 0.1) is 11.8 Å². The van der Waals surface area contributed by atoms with Crippen LogP contribution < -0.4 is 0 Å². The SMILES string of the molecule is C=C(CCOC)/C(F)=C(/F)C(=C)C(=C)/C(F)=C(/F)C(=C)C(C)CCC(C)COC. The summed E-state index contributed by atoms with van der Waals surface area (Å²) < 4.78 is 67.2. The molecule has 0 heterocycles. The van der Waals surface area contributed by atoms with Crippen molar-refractivity contribution in [1.82, 2.24) is 0 Å². The smallest absolute Gasteiger partial charge is 0.166 e. The van der Waals surface area contributed by atoms with Gasteiger partial charge in [-0.05, 0) is 42.2 Å². The van der Waals surface area contributed by atoms with E-state index in [1.807, 2.05) is 6.92 Å². The molecule has 0 aliphatic rings. The van der Waals surface area contributed by atoms with Crippen molar-refractivity contribution in [3.8, 4) is 0 Å². The van der Waals surface area contributed by atoms with E-state index in [1.165, 1.54) is 7.11 Å². The van der Waals surface area contributed by atoms with Crippen LogP contribution in [0.2, 0.25) is 0 Å². The number of methoxy groups -OCH3 is 2. The lowest BCUT2D eigenvalue weighted by molar-refractivity contribution is 0.153. The van der Waals surface area contributed by atoms with Crippen LogP contribution in [0.1, 0.15) is 33.1 Å². The molecule has 2 atom stereocenters. The van der Waals surface area contributed by atoms with Gasteiger partial charge in [0.1, 0.15) is 0 Å². The van der Waals surface area contributed by atoms with Crippen LogP contribution in [0.5, 0.6) is 0 Å². The van der Waals surface area contributed by atoms with Gasteiger partial charge in [-0.1, -0.05) is 40.2 Å². The fourth-order valence-electron chi connectivity index (χ4n) is 2.45. The Kier molecular flexibility index (Phi) is 12.4. The lowest BCUT2D eigenvalue weighted by Crippen LogP contribution is -2.08. The zero-order chi connectivity index (χ0) is 22.7. The molecule has 0 rings (SSSR count). The Bertz CT molecular complexity index is 689. The van der Waals surface area contributed by atoms with Crippen molar-refractivity contribution in [3.63, 3.8) is 0 Å². The number of hydrogen-bond acceptors (Lipinski definition) is 2. The molecule has 0 radical (unpaired) electrons. The lowest BCUT2D eigenvalue weighted by Gasteiger charge is -2.17. The zero-order valence-corrected chi connectivity index (χ0v) is 17.8.